The summed E-state index contributed by atoms with van der Waals surface area (Å²) in [6.07, 6.45) is -0.0118. The van der Waals surface area contributed by atoms with Crippen LogP contribution in [0.2, 0.25) is 0 Å². The van der Waals surface area contributed by atoms with E-state index in [1.807, 2.05) is 0 Å². The standard InChI is InChI=1S/C40H62N6O11/c1-21(2)30(36(52)45-31(22(3)4)38(54)56-10)44-34(50)27-18-14-17-26(27)32(48)29(19-25-15-12-11-13-16-25)43-33(49)24(6)46(39(55)57-40(7,8)9)37(53)23(5)42-35(51)28(41)20-47/h11-13,15-16,21-24,26-31,47H,14,17-20,41H2,1-10H3,(H,42,51)(H,43,49)(H,44,50)(H,45,52)/t23-,24-,26?,27?,28-,29-,30+,31?/m0/s1. The molecule has 0 radical (unpaired) electrons. The molecule has 1 aromatic rings. The fraction of sp³-hybridized carbons (Fsp3) is 0.650. The first-order valence-electron chi connectivity index (χ1n) is 19.3. The van der Waals surface area contributed by atoms with Crippen molar-refractivity contribution in [1.29, 1.82) is 0 Å². The highest BCUT2D eigenvalue weighted by Gasteiger charge is 2.44. The number of hydrogen-bond donors (Lipinski definition) is 6. The first-order valence-corrected chi connectivity index (χ1v) is 19.3. The van der Waals surface area contributed by atoms with Gasteiger partial charge in [-0.25, -0.2) is 14.5 Å². The number of amides is 6. The molecule has 7 N–H and O–H groups in total. The van der Waals surface area contributed by atoms with Crippen LogP contribution in [-0.4, -0.2) is 113 Å². The van der Waals surface area contributed by atoms with Gasteiger partial charge in [0.05, 0.1) is 19.8 Å². The Morgan fingerprint density at radius 3 is 1.91 bits per heavy atom. The number of aliphatic hydroxyl groups excluding tert-OH is 1. The number of ketones is 1. The van der Waals surface area contributed by atoms with Crippen LogP contribution >= 0.6 is 0 Å². The van der Waals surface area contributed by atoms with Crippen molar-refractivity contribution in [3.8, 4) is 0 Å². The summed E-state index contributed by atoms with van der Waals surface area (Å²) >= 11 is 0. The molecular formula is C40H62N6O11. The number of imide groups is 1. The molecule has 0 heterocycles. The second-order valence-electron chi connectivity index (χ2n) is 16.2. The molecule has 1 aliphatic carbocycles. The van der Waals surface area contributed by atoms with Crippen molar-refractivity contribution in [3.05, 3.63) is 35.9 Å². The van der Waals surface area contributed by atoms with Crippen LogP contribution in [0.3, 0.4) is 0 Å². The number of ether oxygens (including phenoxy) is 2. The summed E-state index contributed by atoms with van der Waals surface area (Å²) in [5.74, 6) is -7.38. The second kappa shape index (κ2) is 21.6. The zero-order valence-corrected chi connectivity index (χ0v) is 34.8. The number of nitrogens with zero attached hydrogens (tertiary/aromatic N) is 1. The molecule has 6 amide bonds. The Bertz CT molecular complexity index is 1600. The SMILES string of the molecule is COC(=O)C(NC(=O)[C@H](NC(=O)C1CCCC1C(=O)[C@H](Cc1ccccc1)NC(=O)[C@H](C)N(C(=O)OC(C)(C)C)C(=O)[C@H](C)NC(=O)[C@@H](N)CO)C(C)C)C(C)C. The van der Waals surface area contributed by atoms with Crippen LogP contribution < -0.4 is 27.0 Å². The molecule has 0 saturated heterocycles. The molecule has 0 aliphatic heterocycles. The lowest BCUT2D eigenvalue weighted by molar-refractivity contribution is -0.147. The van der Waals surface area contributed by atoms with Crippen molar-refractivity contribution in [3.63, 3.8) is 0 Å². The molecule has 1 aliphatic rings. The minimum atomic E-state index is -1.56. The van der Waals surface area contributed by atoms with E-state index in [1.165, 1.54) is 21.0 Å². The molecule has 1 fully saturated rings. The van der Waals surface area contributed by atoms with E-state index in [0.717, 1.165) is 0 Å². The molecule has 3 unspecified atom stereocenters. The molecule has 318 valence electrons. The van der Waals surface area contributed by atoms with Crippen molar-refractivity contribution < 1.29 is 52.9 Å². The van der Waals surface area contributed by atoms with Gasteiger partial charge in [-0.05, 0) is 71.3 Å². The van der Waals surface area contributed by atoms with Gasteiger partial charge in [-0.15, -0.1) is 0 Å². The lowest BCUT2D eigenvalue weighted by Gasteiger charge is -2.33. The highest BCUT2D eigenvalue weighted by molar-refractivity contribution is 6.03. The Hall–Kier alpha value is -4.90. The molecule has 0 aromatic heterocycles. The normalized spacial score (nSPS) is 18.6. The quantitative estimate of drug-likeness (QED) is 0.114. The smallest absolute Gasteiger partial charge is 0.417 e. The van der Waals surface area contributed by atoms with Crippen molar-refractivity contribution in [2.24, 2.45) is 29.4 Å². The van der Waals surface area contributed by atoms with Gasteiger partial charge in [0.1, 0.15) is 35.8 Å². The van der Waals surface area contributed by atoms with Gasteiger partial charge >= 0.3 is 12.1 Å². The summed E-state index contributed by atoms with van der Waals surface area (Å²) in [7, 11) is 1.22. The summed E-state index contributed by atoms with van der Waals surface area (Å²) in [6.45, 7) is 13.5. The summed E-state index contributed by atoms with van der Waals surface area (Å²) < 4.78 is 10.3. The molecule has 0 spiro atoms. The summed E-state index contributed by atoms with van der Waals surface area (Å²) in [5, 5.41) is 19.8. The Morgan fingerprint density at radius 2 is 1.39 bits per heavy atom. The number of aliphatic hydroxyl groups is 1. The maximum Gasteiger partial charge on any atom is 0.417 e. The predicted molar refractivity (Wildman–Crippen MR) is 209 cm³/mol. The van der Waals surface area contributed by atoms with E-state index < -0.39 is 108 Å². The van der Waals surface area contributed by atoms with Crippen LogP contribution in [0.4, 0.5) is 4.79 Å². The number of benzene rings is 1. The third kappa shape index (κ3) is 13.9. The van der Waals surface area contributed by atoms with Crippen LogP contribution in [0.25, 0.3) is 0 Å². The van der Waals surface area contributed by atoms with Crippen LogP contribution in [0, 0.1) is 23.7 Å². The van der Waals surface area contributed by atoms with E-state index in [9.17, 15) is 43.5 Å². The van der Waals surface area contributed by atoms with Crippen LogP contribution in [0.1, 0.15) is 87.1 Å². The topological polar surface area (TPSA) is 253 Å². The minimum Gasteiger partial charge on any atom is -0.467 e. The molecule has 2 rings (SSSR count). The maximum absolute atomic E-state index is 14.5. The maximum atomic E-state index is 14.5. The van der Waals surface area contributed by atoms with E-state index in [0.29, 0.717) is 29.7 Å². The number of esters is 1. The van der Waals surface area contributed by atoms with Gasteiger partial charge in [0.2, 0.25) is 23.6 Å². The van der Waals surface area contributed by atoms with Crippen molar-refractivity contribution in [2.45, 2.75) is 130 Å². The van der Waals surface area contributed by atoms with Gasteiger partial charge in [-0.2, -0.15) is 0 Å². The Morgan fingerprint density at radius 1 is 0.807 bits per heavy atom. The number of carbonyl (C=O) groups excluding carboxylic acids is 8. The third-order valence-corrected chi connectivity index (χ3v) is 9.68. The number of nitrogens with one attached hydrogen (secondary N) is 4. The van der Waals surface area contributed by atoms with Gasteiger partial charge in [-0.1, -0.05) is 64.4 Å². The van der Waals surface area contributed by atoms with Crippen LogP contribution in [-0.2, 0) is 49.5 Å². The molecule has 17 heteroatoms. The molecule has 57 heavy (non-hydrogen) atoms. The van der Waals surface area contributed by atoms with Crippen LogP contribution in [0.15, 0.2) is 30.3 Å². The number of rotatable bonds is 18. The van der Waals surface area contributed by atoms with E-state index in [4.69, 9.17) is 15.2 Å². The number of nitrogens with two attached hydrogens (primary N) is 1. The fourth-order valence-corrected chi connectivity index (χ4v) is 6.44. The van der Waals surface area contributed by atoms with Crippen molar-refractivity contribution >= 4 is 47.4 Å². The van der Waals surface area contributed by atoms with Gasteiger partial charge in [0, 0.05) is 11.8 Å². The van der Waals surface area contributed by atoms with Crippen molar-refractivity contribution in [1.82, 2.24) is 26.2 Å². The Balaban J connectivity index is 2.43. The second-order valence-corrected chi connectivity index (χ2v) is 16.2. The molecule has 1 aromatic carbocycles. The molecule has 0 bridgehead atoms. The third-order valence-electron chi connectivity index (χ3n) is 9.68. The summed E-state index contributed by atoms with van der Waals surface area (Å²) in [6, 6.07) is 1.34. The average molecular weight is 803 g/mol. The number of Topliss-reactive ketones (excluding diaryl/α,β-unsaturated/α-hetero) is 1. The zero-order valence-electron chi connectivity index (χ0n) is 34.8. The monoisotopic (exact) mass is 802 g/mol. The highest BCUT2D eigenvalue weighted by Crippen LogP contribution is 2.34. The highest BCUT2D eigenvalue weighted by atomic mass is 16.6. The summed E-state index contributed by atoms with van der Waals surface area (Å²) in [4.78, 5) is 108. The zero-order chi connectivity index (χ0) is 43.4. The minimum absolute atomic E-state index is 0.00993. The lowest BCUT2D eigenvalue weighted by Crippen LogP contribution is -2.60. The van der Waals surface area contributed by atoms with Gasteiger partial charge in [0.25, 0.3) is 5.91 Å². The summed E-state index contributed by atoms with van der Waals surface area (Å²) in [5.41, 5.74) is 5.17. The van der Waals surface area contributed by atoms with Gasteiger partial charge in [-0.3, -0.25) is 28.8 Å². The molecule has 17 nitrogen and oxygen atoms in total. The predicted octanol–water partition coefficient (Wildman–Crippen LogP) is 1.13. The molecule has 1 saturated carbocycles. The van der Waals surface area contributed by atoms with E-state index in [1.54, 1.807) is 78.8 Å². The van der Waals surface area contributed by atoms with Gasteiger partial charge in [0.15, 0.2) is 5.78 Å². The van der Waals surface area contributed by atoms with E-state index >= 15 is 0 Å². The average Bonchev–Trinajstić information content (AvgIpc) is 3.64. The Kier molecular flexibility index (Phi) is 18.3. The Labute approximate surface area is 334 Å². The number of hydrogen-bond acceptors (Lipinski definition) is 12. The van der Waals surface area contributed by atoms with E-state index in [2.05, 4.69) is 21.3 Å². The van der Waals surface area contributed by atoms with E-state index in [-0.39, 0.29) is 18.3 Å². The first kappa shape index (κ1) is 48.2. The molecular weight excluding hydrogens is 740 g/mol. The van der Waals surface area contributed by atoms with Crippen molar-refractivity contribution in [2.75, 3.05) is 13.7 Å². The first-order chi connectivity index (χ1) is 26.5. The number of methoxy groups -OCH3 is 1. The lowest BCUT2D eigenvalue weighted by atomic mass is 9.85. The molecule has 8 atom stereocenters. The largest absolute Gasteiger partial charge is 0.467 e. The van der Waals surface area contributed by atoms with Crippen LogP contribution in [0.5, 0.6) is 0 Å². The fourth-order valence-electron chi connectivity index (χ4n) is 6.44. The number of carbonyl (C=O) groups is 8. The van der Waals surface area contributed by atoms with Gasteiger partial charge < -0.3 is 41.6 Å².